The zero-order valence-corrected chi connectivity index (χ0v) is 21.6. The topological polar surface area (TPSA) is 92.7 Å². The number of guanidine groups is 1. The number of rotatable bonds is 11. The molecule has 2 N–H and O–H groups in total. The zero-order chi connectivity index (χ0) is 21.8. The van der Waals surface area contributed by atoms with Crippen LogP contribution < -0.4 is 15.4 Å². The van der Waals surface area contributed by atoms with Crippen LogP contribution >= 0.6 is 24.0 Å². The summed E-state index contributed by atoms with van der Waals surface area (Å²) in [5.41, 5.74) is 2.01. The van der Waals surface area contributed by atoms with Gasteiger partial charge in [0.2, 0.25) is 5.88 Å². The molecule has 0 atom stereocenters. The third-order valence-corrected chi connectivity index (χ3v) is 5.52. The molecule has 0 spiro atoms. The first-order valence-electron chi connectivity index (χ1n) is 10.3. The monoisotopic (exact) mass is 560 g/mol. The second-order valence-corrected chi connectivity index (χ2v) is 8.97. The number of hydrogen-bond donors (Lipinski definition) is 2. The maximum absolute atomic E-state index is 11.6. The lowest BCUT2D eigenvalue weighted by atomic mass is 10.1. The van der Waals surface area contributed by atoms with Gasteiger partial charge in [-0.05, 0) is 43.5 Å². The van der Waals surface area contributed by atoms with Crippen LogP contribution in [0.5, 0.6) is 5.88 Å². The predicted molar refractivity (Wildman–Crippen MR) is 136 cm³/mol. The number of benzene rings is 1. The number of unbranched alkanes of at least 4 members (excludes halogenated alkanes) is 1. The van der Waals surface area contributed by atoms with Crippen molar-refractivity contribution in [3.63, 3.8) is 0 Å². The van der Waals surface area contributed by atoms with E-state index < -0.39 is 9.84 Å². The van der Waals surface area contributed by atoms with Crippen LogP contribution in [-0.4, -0.2) is 45.3 Å². The van der Waals surface area contributed by atoms with Gasteiger partial charge in [-0.3, -0.25) is 0 Å². The number of nitrogens with one attached hydrogen (secondary N) is 2. The SMILES string of the molecule is CCCCOc1ncccc1CN=C(NCC)NCCc1ccc(S(C)(=O)=O)cc1.I. The van der Waals surface area contributed by atoms with Gasteiger partial charge in [-0.1, -0.05) is 31.5 Å². The van der Waals surface area contributed by atoms with Gasteiger partial charge in [0.15, 0.2) is 15.8 Å². The molecule has 0 aliphatic rings. The lowest BCUT2D eigenvalue weighted by Crippen LogP contribution is -2.38. The van der Waals surface area contributed by atoms with Crippen molar-refractivity contribution in [3.8, 4) is 5.88 Å². The minimum atomic E-state index is -3.17. The van der Waals surface area contributed by atoms with Crippen molar-refractivity contribution in [3.05, 3.63) is 53.7 Å². The Labute approximate surface area is 203 Å². The van der Waals surface area contributed by atoms with E-state index in [0.717, 1.165) is 36.9 Å². The van der Waals surface area contributed by atoms with E-state index >= 15 is 0 Å². The van der Waals surface area contributed by atoms with Gasteiger partial charge in [-0.25, -0.2) is 18.4 Å². The number of hydrogen-bond acceptors (Lipinski definition) is 5. The second-order valence-electron chi connectivity index (χ2n) is 6.96. The number of nitrogens with zero attached hydrogens (tertiary/aromatic N) is 2. The Morgan fingerprint density at radius 2 is 1.87 bits per heavy atom. The highest BCUT2D eigenvalue weighted by Crippen LogP contribution is 2.16. The van der Waals surface area contributed by atoms with E-state index in [1.165, 1.54) is 6.26 Å². The highest BCUT2D eigenvalue weighted by molar-refractivity contribution is 14.0. The van der Waals surface area contributed by atoms with Crippen LogP contribution in [0.2, 0.25) is 0 Å². The molecule has 172 valence electrons. The van der Waals surface area contributed by atoms with Crippen LogP contribution in [-0.2, 0) is 22.8 Å². The fourth-order valence-corrected chi connectivity index (χ4v) is 3.35. The van der Waals surface area contributed by atoms with Crippen LogP contribution in [0.25, 0.3) is 0 Å². The summed E-state index contributed by atoms with van der Waals surface area (Å²) in [7, 11) is -3.17. The Morgan fingerprint density at radius 1 is 1.13 bits per heavy atom. The summed E-state index contributed by atoms with van der Waals surface area (Å²) >= 11 is 0. The summed E-state index contributed by atoms with van der Waals surface area (Å²) in [6, 6.07) is 10.8. The third-order valence-electron chi connectivity index (χ3n) is 4.40. The minimum absolute atomic E-state index is 0. The molecular weight excluding hydrogens is 527 g/mol. The molecule has 0 saturated carbocycles. The van der Waals surface area contributed by atoms with Gasteiger partial charge >= 0.3 is 0 Å². The largest absolute Gasteiger partial charge is 0.477 e. The Balaban J connectivity index is 0.00000480. The van der Waals surface area contributed by atoms with Crippen LogP contribution in [0.4, 0.5) is 0 Å². The lowest BCUT2D eigenvalue weighted by molar-refractivity contribution is 0.294. The lowest BCUT2D eigenvalue weighted by Gasteiger charge is -2.12. The van der Waals surface area contributed by atoms with Gasteiger partial charge in [0.25, 0.3) is 0 Å². The maximum Gasteiger partial charge on any atom is 0.218 e. The number of sulfone groups is 1. The summed E-state index contributed by atoms with van der Waals surface area (Å²) < 4.78 is 28.9. The quantitative estimate of drug-likeness (QED) is 0.189. The van der Waals surface area contributed by atoms with Crippen LogP contribution in [0, 0.1) is 0 Å². The van der Waals surface area contributed by atoms with Crippen molar-refractivity contribution in [2.24, 2.45) is 4.99 Å². The Bertz CT molecular complexity index is 919. The van der Waals surface area contributed by atoms with Crippen LogP contribution in [0.1, 0.15) is 37.8 Å². The molecule has 1 aromatic carbocycles. The van der Waals surface area contributed by atoms with Crippen LogP contribution in [0.15, 0.2) is 52.5 Å². The molecule has 2 aromatic rings. The molecule has 7 nitrogen and oxygen atoms in total. The third kappa shape index (κ3) is 9.86. The molecule has 2 rings (SSSR count). The van der Waals surface area contributed by atoms with E-state index in [2.05, 4.69) is 27.5 Å². The number of aliphatic imine (C=N–C) groups is 1. The predicted octanol–water partition coefficient (Wildman–Crippen LogP) is 3.58. The van der Waals surface area contributed by atoms with E-state index in [0.29, 0.717) is 36.4 Å². The maximum atomic E-state index is 11.6. The first kappa shape index (κ1) is 27.2. The second kappa shape index (κ2) is 14.2. The molecule has 0 fully saturated rings. The smallest absolute Gasteiger partial charge is 0.218 e. The summed E-state index contributed by atoms with van der Waals surface area (Å²) in [4.78, 5) is 9.31. The van der Waals surface area contributed by atoms with Crippen LogP contribution in [0.3, 0.4) is 0 Å². The van der Waals surface area contributed by atoms with E-state index in [4.69, 9.17) is 4.74 Å². The average Bonchev–Trinajstić information content (AvgIpc) is 2.73. The van der Waals surface area contributed by atoms with Crippen molar-refractivity contribution >= 4 is 39.8 Å². The molecule has 1 heterocycles. The van der Waals surface area contributed by atoms with Gasteiger partial charge < -0.3 is 15.4 Å². The highest BCUT2D eigenvalue weighted by Gasteiger charge is 2.07. The van der Waals surface area contributed by atoms with E-state index in [9.17, 15) is 8.42 Å². The molecule has 9 heteroatoms. The fourth-order valence-electron chi connectivity index (χ4n) is 2.72. The first-order valence-corrected chi connectivity index (χ1v) is 12.2. The number of pyridine rings is 1. The fraction of sp³-hybridized carbons (Fsp3) is 0.455. The summed E-state index contributed by atoms with van der Waals surface area (Å²) in [6.45, 7) is 6.69. The standard InChI is InChI=1S/C22H32N4O3S.HI/c1-4-6-16-29-21-19(8-7-14-24-21)17-26-22(23-5-2)25-15-13-18-9-11-20(12-10-18)30(3,27)28;/h7-12,14H,4-6,13,15-17H2,1-3H3,(H2,23,25,26);1H. The summed E-state index contributed by atoms with van der Waals surface area (Å²) in [5, 5.41) is 6.55. The van der Waals surface area contributed by atoms with Crippen molar-refractivity contribution in [2.45, 2.75) is 44.6 Å². The van der Waals surface area contributed by atoms with Crippen molar-refractivity contribution in [2.75, 3.05) is 26.0 Å². The molecule has 0 bridgehead atoms. The zero-order valence-electron chi connectivity index (χ0n) is 18.4. The molecule has 0 amide bonds. The molecule has 1 aromatic heterocycles. The summed E-state index contributed by atoms with van der Waals surface area (Å²) in [6.07, 6.45) is 5.77. The molecule has 0 radical (unpaired) electrons. The van der Waals surface area contributed by atoms with Crippen molar-refractivity contribution in [1.29, 1.82) is 0 Å². The van der Waals surface area contributed by atoms with Crippen molar-refractivity contribution in [1.82, 2.24) is 15.6 Å². The minimum Gasteiger partial charge on any atom is -0.477 e. The number of ether oxygens (including phenoxy) is 1. The number of halogens is 1. The Hall–Kier alpha value is -1.88. The van der Waals surface area contributed by atoms with Gasteiger partial charge in [0.1, 0.15) is 0 Å². The highest BCUT2D eigenvalue weighted by atomic mass is 127. The van der Waals surface area contributed by atoms with E-state index in [1.807, 2.05) is 31.2 Å². The average molecular weight is 561 g/mol. The molecule has 0 unspecified atom stereocenters. The van der Waals surface area contributed by atoms with Crippen molar-refractivity contribution < 1.29 is 13.2 Å². The Kier molecular flexibility index (Phi) is 12.5. The number of aromatic nitrogens is 1. The van der Waals surface area contributed by atoms with E-state index in [1.54, 1.807) is 18.3 Å². The molecule has 0 aliphatic heterocycles. The van der Waals surface area contributed by atoms with Gasteiger partial charge in [0, 0.05) is 31.1 Å². The normalized spacial score (nSPS) is 11.5. The summed E-state index contributed by atoms with van der Waals surface area (Å²) in [5.74, 6) is 1.35. The molecule has 31 heavy (non-hydrogen) atoms. The Morgan fingerprint density at radius 3 is 2.52 bits per heavy atom. The molecule has 0 saturated heterocycles. The van der Waals surface area contributed by atoms with Gasteiger partial charge in [-0.2, -0.15) is 0 Å². The molecular formula is C22H33IN4O3S. The van der Waals surface area contributed by atoms with Gasteiger partial charge in [-0.15, -0.1) is 24.0 Å². The first-order chi connectivity index (χ1) is 14.4. The van der Waals surface area contributed by atoms with E-state index in [-0.39, 0.29) is 24.0 Å². The van der Waals surface area contributed by atoms with Gasteiger partial charge in [0.05, 0.1) is 18.0 Å². The molecule has 0 aliphatic carbocycles.